The van der Waals surface area contributed by atoms with Gasteiger partial charge in [-0.2, -0.15) is 0 Å². The second kappa shape index (κ2) is 4.49. The lowest BCUT2D eigenvalue weighted by molar-refractivity contribution is 0.149. The van der Waals surface area contributed by atoms with Gasteiger partial charge in [0.25, 0.3) is 5.56 Å². The van der Waals surface area contributed by atoms with Crippen LogP contribution in [0, 0.1) is 0 Å². The fraction of sp³-hybridized carbons (Fsp3) is 0.545. The minimum atomic E-state index is -0.0264. The van der Waals surface area contributed by atoms with E-state index in [1.54, 1.807) is 17.7 Å². The van der Waals surface area contributed by atoms with Crippen molar-refractivity contribution >= 4 is 0 Å². The van der Waals surface area contributed by atoms with E-state index in [-0.39, 0.29) is 11.7 Å². The van der Waals surface area contributed by atoms with Crippen molar-refractivity contribution in [3.8, 4) is 5.88 Å². The lowest BCUT2D eigenvalue weighted by Gasteiger charge is -2.24. The Labute approximate surface area is 88.9 Å². The Kier molecular flexibility index (Phi) is 3.06. The van der Waals surface area contributed by atoms with Crippen LogP contribution in [0.5, 0.6) is 5.88 Å². The predicted molar refractivity (Wildman–Crippen MR) is 58.2 cm³/mol. The van der Waals surface area contributed by atoms with E-state index in [4.69, 9.17) is 4.74 Å². The molecule has 0 aliphatic carbocycles. The number of pyridine rings is 1. The zero-order valence-electron chi connectivity index (χ0n) is 8.90. The van der Waals surface area contributed by atoms with Crippen LogP contribution in [-0.2, 0) is 7.05 Å². The monoisotopic (exact) mass is 208 g/mol. The van der Waals surface area contributed by atoms with E-state index in [1.165, 1.54) is 6.07 Å². The van der Waals surface area contributed by atoms with E-state index < -0.39 is 0 Å². The standard InChI is InChI=1S/C11H16N2O2/c1-13-10(14)3-2-4-11(13)15-9-5-7-12-8-6-9/h2-4,9,12H,5-8H2,1H3. The fourth-order valence-corrected chi connectivity index (χ4v) is 1.75. The van der Waals surface area contributed by atoms with Gasteiger partial charge in [-0.05, 0) is 32.0 Å². The van der Waals surface area contributed by atoms with Gasteiger partial charge in [0.05, 0.1) is 0 Å². The summed E-state index contributed by atoms with van der Waals surface area (Å²) in [6.07, 6.45) is 2.24. The molecule has 4 heteroatoms. The van der Waals surface area contributed by atoms with E-state index in [9.17, 15) is 4.79 Å². The molecule has 1 fully saturated rings. The second-order valence-electron chi connectivity index (χ2n) is 3.83. The molecule has 0 atom stereocenters. The molecule has 0 saturated carbocycles. The van der Waals surface area contributed by atoms with Crippen molar-refractivity contribution < 1.29 is 4.74 Å². The van der Waals surface area contributed by atoms with Crippen LogP contribution in [0.1, 0.15) is 12.8 Å². The maximum atomic E-state index is 11.4. The molecule has 2 rings (SSSR count). The van der Waals surface area contributed by atoms with Crippen LogP contribution in [0.15, 0.2) is 23.0 Å². The van der Waals surface area contributed by atoms with Crippen LogP contribution in [0.3, 0.4) is 0 Å². The number of hydrogen-bond donors (Lipinski definition) is 1. The summed E-state index contributed by atoms with van der Waals surface area (Å²) in [5.41, 5.74) is -0.0264. The Morgan fingerprint density at radius 1 is 1.40 bits per heavy atom. The molecule has 0 aromatic carbocycles. The Morgan fingerprint density at radius 2 is 2.13 bits per heavy atom. The summed E-state index contributed by atoms with van der Waals surface area (Å²) in [5.74, 6) is 0.661. The molecule has 4 nitrogen and oxygen atoms in total. The average Bonchev–Trinajstić information content (AvgIpc) is 2.26. The van der Waals surface area contributed by atoms with Crippen molar-refractivity contribution in [3.63, 3.8) is 0 Å². The molecule has 1 aromatic heterocycles. The molecular formula is C11H16N2O2. The first-order chi connectivity index (χ1) is 7.27. The molecule has 15 heavy (non-hydrogen) atoms. The van der Waals surface area contributed by atoms with E-state index >= 15 is 0 Å². The van der Waals surface area contributed by atoms with E-state index in [1.807, 2.05) is 6.07 Å². The lowest BCUT2D eigenvalue weighted by Crippen LogP contribution is -2.35. The zero-order valence-corrected chi connectivity index (χ0v) is 8.90. The molecular weight excluding hydrogens is 192 g/mol. The molecule has 2 heterocycles. The SMILES string of the molecule is Cn1c(OC2CCNCC2)cccc1=O. The van der Waals surface area contributed by atoms with Crippen molar-refractivity contribution in [1.29, 1.82) is 0 Å². The predicted octanol–water partition coefficient (Wildman–Crippen LogP) is 0.516. The Bertz CT molecular complexity index is 380. The van der Waals surface area contributed by atoms with Crippen LogP contribution in [-0.4, -0.2) is 23.8 Å². The van der Waals surface area contributed by atoms with Crippen molar-refractivity contribution in [2.24, 2.45) is 7.05 Å². The van der Waals surface area contributed by atoms with Crippen LogP contribution < -0.4 is 15.6 Å². The lowest BCUT2D eigenvalue weighted by atomic mass is 10.1. The number of piperidine rings is 1. The largest absolute Gasteiger partial charge is 0.475 e. The number of hydrogen-bond acceptors (Lipinski definition) is 3. The number of ether oxygens (including phenoxy) is 1. The third kappa shape index (κ3) is 2.39. The van der Waals surface area contributed by atoms with Gasteiger partial charge in [0.15, 0.2) is 5.88 Å². The van der Waals surface area contributed by atoms with Gasteiger partial charge in [0.2, 0.25) is 0 Å². The number of aromatic nitrogens is 1. The molecule has 1 aromatic rings. The summed E-state index contributed by atoms with van der Waals surface area (Å²) in [5, 5.41) is 3.28. The van der Waals surface area contributed by atoms with Gasteiger partial charge in [0, 0.05) is 13.1 Å². The highest BCUT2D eigenvalue weighted by Crippen LogP contribution is 2.13. The van der Waals surface area contributed by atoms with E-state index in [0.717, 1.165) is 25.9 Å². The van der Waals surface area contributed by atoms with E-state index in [2.05, 4.69) is 5.32 Å². The summed E-state index contributed by atoms with van der Waals surface area (Å²) < 4.78 is 7.33. The summed E-state index contributed by atoms with van der Waals surface area (Å²) in [4.78, 5) is 11.4. The van der Waals surface area contributed by atoms with Gasteiger partial charge in [-0.15, -0.1) is 0 Å². The first-order valence-electron chi connectivity index (χ1n) is 5.31. The van der Waals surface area contributed by atoms with Gasteiger partial charge in [-0.1, -0.05) is 6.07 Å². The van der Waals surface area contributed by atoms with Crippen LogP contribution in [0.25, 0.3) is 0 Å². The van der Waals surface area contributed by atoms with Crippen LogP contribution in [0.2, 0.25) is 0 Å². The third-order valence-corrected chi connectivity index (χ3v) is 2.71. The topological polar surface area (TPSA) is 43.3 Å². The van der Waals surface area contributed by atoms with Crippen molar-refractivity contribution in [2.75, 3.05) is 13.1 Å². The molecule has 0 spiro atoms. The highest BCUT2D eigenvalue weighted by atomic mass is 16.5. The Hall–Kier alpha value is -1.29. The summed E-state index contributed by atoms with van der Waals surface area (Å²) in [7, 11) is 1.73. The Morgan fingerprint density at radius 3 is 2.87 bits per heavy atom. The number of rotatable bonds is 2. The average molecular weight is 208 g/mol. The number of nitrogens with zero attached hydrogens (tertiary/aromatic N) is 1. The van der Waals surface area contributed by atoms with Crippen LogP contribution >= 0.6 is 0 Å². The number of nitrogens with one attached hydrogen (secondary N) is 1. The normalized spacial score (nSPS) is 17.7. The quantitative estimate of drug-likeness (QED) is 0.770. The molecule has 1 N–H and O–H groups in total. The van der Waals surface area contributed by atoms with Gasteiger partial charge >= 0.3 is 0 Å². The molecule has 0 unspecified atom stereocenters. The maximum Gasteiger partial charge on any atom is 0.253 e. The molecule has 0 bridgehead atoms. The van der Waals surface area contributed by atoms with Crippen LogP contribution in [0.4, 0.5) is 0 Å². The van der Waals surface area contributed by atoms with Gasteiger partial charge < -0.3 is 10.1 Å². The highest BCUT2D eigenvalue weighted by molar-refractivity contribution is 5.12. The smallest absolute Gasteiger partial charge is 0.253 e. The van der Waals surface area contributed by atoms with Crippen molar-refractivity contribution in [2.45, 2.75) is 18.9 Å². The van der Waals surface area contributed by atoms with Gasteiger partial charge in [-0.3, -0.25) is 9.36 Å². The van der Waals surface area contributed by atoms with Gasteiger partial charge in [-0.25, -0.2) is 0 Å². The highest BCUT2D eigenvalue weighted by Gasteiger charge is 2.15. The summed E-state index contributed by atoms with van der Waals surface area (Å²) in [6.45, 7) is 1.98. The fourth-order valence-electron chi connectivity index (χ4n) is 1.75. The molecule has 1 saturated heterocycles. The summed E-state index contributed by atoms with van der Waals surface area (Å²) >= 11 is 0. The molecule has 0 radical (unpaired) electrons. The molecule has 1 aliphatic heterocycles. The van der Waals surface area contributed by atoms with E-state index in [0.29, 0.717) is 5.88 Å². The maximum absolute atomic E-state index is 11.4. The second-order valence-corrected chi connectivity index (χ2v) is 3.83. The Balaban J connectivity index is 2.09. The first-order valence-corrected chi connectivity index (χ1v) is 5.31. The molecule has 1 aliphatic rings. The van der Waals surface area contributed by atoms with Gasteiger partial charge in [0.1, 0.15) is 6.10 Å². The summed E-state index contributed by atoms with van der Waals surface area (Å²) in [6, 6.07) is 5.11. The molecule has 82 valence electrons. The van der Waals surface area contributed by atoms with Crippen molar-refractivity contribution in [1.82, 2.24) is 9.88 Å². The van der Waals surface area contributed by atoms with Crippen molar-refractivity contribution in [3.05, 3.63) is 28.6 Å². The molecule has 0 amide bonds. The first kappa shape index (κ1) is 10.2. The minimum Gasteiger partial charge on any atom is -0.475 e. The zero-order chi connectivity index (χ0) is 10.7. The minimum absolute atomic E-state index is 0.0264. The third-order valence-electron chi connectivity index (χ3n) is 2.71.